The average Bonchev–Trinajstić information content (AvgIpc) is 3.43. The maximum absolute atomic E-state index is 15.2. The second kappa shape index (κ2) is 15.6. The van der Waals surface area contributed by atoms with E-state index >= 15 is 4.39 Å². The van der Waals surface area contributed by atoms with E-state index in [1.165, 1.54) is 41.4 Å². The van der Waals surface area contributed by atoms with E-state index in [1.807, 2.05) is 12.1 Å². The van der Waals surface area contributed by atoms with E-state index in [4.69, 9.17) is 20.7 Å². The summed E-state index contributed by atoms with van der Waals surface area (Å²) in [6.45, 7) is 0.689. The molecule has 0 radical (unpaired) electrons. The van der Waals surface area contributed by atoms with Crippen LogP contribution in [0, 0.1) is 11.3 Å². The number of hydrogen-bond donors (Lipinski definition) is 8. The number of hydrogen-bond acceptors (Lipinski definition) is 11. The normalized spacial score (nSPS) is 16.9. The zero-order valence-electron chi connectivity index (χ0n) is 25.1. The number of amides is 2. The quantitative estimate of drug-likeness (QED) is 0.0887. The number of nitrogens with zero attached hydrogens (tertiary/aromatic N) is 2. The number of anilines is 1. The van der Waals surface area contributed by atoms with E-state index in [0.29, 0.717) is 29.9 Å². The first-order chi connectivity index (χ1) is 22.7. The zero-order valence-corrected chi connectivity index (χ0v) is 27.0. The zero-order chi connectivity index (χ0) is 35.1. The first-order valence-corrected chi connectivity index (χ1v) is 17.1. The fourth-order valence-corrected chi connectivity index (χ4v) is 6.36. The molecule has 2 amide bonds. The molecule has 19 heteroatoms. The van der Waals surface area contributed by atoms with Crippen molar-refractivity contribution in [3.8, 4) is 16.9 Å². The van der Waals surface area contributed by atoms with Gasteiger partial charge in [-0.05, 0) is 47.0 Å². The third kappa shape index (κ3) is 8.90. The van der Waals surface area contributed by atoms with Crippen molar-refractivity contribution in [3.63, 3.8) is 0 Å². The lowest BCUT2D eigenvalue weighted by Crippen LogP contribution is -2.36. The highest BCUT2D eigenvalue weighted by Gasteiger charge is 2.50. The van der Waals surface area contributed by atoms with Crippen molar-refractivity contribution in [3.05, 3.63) is 95.6 Å². The lowest BCUT2D eigenvalue weighted by Gasteiger charge is -2.25. The molecule has 0 aromatic heterocycles. The molecule has 0 saturated carbocycles. The molecule has 0 aliphatic carbocycles. The van der Waals surface area contributed by atoms with Gasteiger partial charge >= 0.3 is 19.8 Å². The number of rotatable bonds is 14. The number of ether oxygens (including phenoxy) is 2. The highest BCUT2D eigenvalue weighted by Crippen LogP contribution is 2.61. The monoisotopic (exact) mass is 706 g/mol. The van der Waals surface area contributed by atoms with Crippen molar-refractivity contribution in [1.82, 2.24) is 10.6 Å². The van der Waals surface area contributed by atoms with E-state index < -0.39 is 51.2 Å². The van der Waals surface area contributed by atoms with E-state index in [9.17, 15) is 38.5 Å². The van der Waals surface area contributed by atoms with Crippen LogP contribution >= 0.6 is 15.6 Å². The number of nitrogens with two attached hydrogens (primary N) is 1. The molecule has 0 bridgehead atoms. The van der Waals surface area contributed by atoms with Crippen LogP contribution in [-0.2, 0) is 26.8 Å². The molecule has 4 rings (SSSR count). The third-order valence-electron chi connectivity index (χ3n) is 7.26. The van der Waals surface area contributed by atoms with Gasteiger partial charge in [0.2, 0.25) is 13.1 Å². The van der Waals surface area contributed by atoms with Crippen LogP contribution in [0.25, 0.3) is 11.1 Å². The predicted molar refractivity (Wildman–Crippen MR) is 171 cm³/mol. The van der Waals surface area contributed by atoms with Crippen LogP contribution in [0.3, 0.4) is 0 Å². The molecule has 1 heterocycles. The maximum atomic E-state index is 15.2. The van der Waals surface area contributed by atoms with Crippen LogP contribution in [0.15, 0.2) is 83.7 Å². The molecule has 256 valence electrons. The van der Waals surface area contributed by atoms with Crippen molar-refractivity contribution in [2.24, 2.45) is 10.8 Å². The van der Waals surface area contributed by atoms with Gasteiger partial charge in [-0.3, -0.25) is 14.0 Å². The summed E-state index contributed by atoms with van der Waals surface area (Å²) in [6.07, 6.45) is -2.00. The smallest absolute Gasteiger partial charge is 0.414 e. The van der Waals surface area contributed by atoms with Gasteiger partial charge in [-0.25, -0.2) is 19.5 Å². The van der Waals surface area contributed by atoms with E-state index in [-0.39, 0.29) is 30.1 Å². The molecular weight excluding hydrogens is 673 g/mol. The van der Waals surface area contributed by atoms with Crippen LogP contribution in [0.2, 0.25) is 0 Å². The summed E-state index contributed by atoms with van der Waals surface area (Å²) in [6, 6.07) is 16.5. The number of halogens is 1. The van der Waals surface area contributed by atoms with Gasteiger partial charge in [0, 0.05) is 31.3 Å². The Morgan fingerprint density at radius 1 is 1.19 bits per heavy atom. The summed E-state index contributed by atoms with van der Waals surface area (Å²) >= 11 is 0. The van der Waals surface area contributed by atoms with Gasteiger partial charge < -0.3 is 45.6 Å². The van der Waals surface area contributed by atoms with Gasteiger partial charge in [0.25, 0.3) is 0 Å². The first kappa shape index (κ1) is 36.4. The van der Waals surface area contributed by atoms with Crippen LogP contribution < -0.4 is 26.0 Å². The molecule has 1 aliphatic heterocycles. The Labute approximate surface area is 273 Å². The van der Waals surface area contributed by atoms with Gasteiger partial charge in [0.1, 0.15) is 17.7 Å². The summed E-state index contributed by atoms with van der Waals surface area (Å²) in [7, 11) is -9.39. The number of aliphatic hydroxyl groups is 1. The van der Waals surface area contributed by atoms with Gasteiger partial charge in [-0.2, -0.15) is 5.11 Å². The summed E-state index contributed by atoms with van der Waals surface area (Å²) < 4.78 is 48.5. The summed E-state index contributed by atoms with van der Waals surface area (Å²) in [5.41, 5.74) is 15.0. The second-order valence-corrected chi connectivity index (χ2v) is 14.3. The Morgan fingerprint density at radius 3 is 2.44 bits per heavy atom. The average molecular weight is 707 g/mol. The predicted octanol–water partition coefficient (Wildman–Crippen LogP) is 3.36. The molecule has 0 spiro atoms. The molecule has 1 fully saturated rings. The van der Waals surface area contributed by atoms with E-state index in [0.717, 1.165) is 5.56 Å². The van der Waals surface area contributed by atoms with Crippen molar-refractivity contribution in [2.75, 3.05) is 24.5 Å². The Bertz CT molecular complexity index is 1760. The lowest BCUT2D eigenvalue weighted by atomic mass is 10.0. The molecule has 1 saturated heterocycles. The van der Waals surface area contributed by atoms with Crippen LogP contribution in [-0.4, -0.2) is 62.8 Å². The highest BCUT2D eigenvalue weighted by atomic mass is 31.2. The van der Waals surface area contributed by atoms with Crippen molar-refractivity contribution in [1.29, 1.82) is 5.53 Å². The Kier molecular flexibility index (Phi) is 11.8. The van der Waals surface area contributed by atoms with E-state index in [1.54, 1.807) is 24.3 Å². The van der Waals surface area contributed by atoms with Gasteiger partial charge in [0.15, 0.2) is 0 Å². The summed E-state index contributed by atoms with van der Waals surface area (Å²) in [5, 5.41) is 15.8. The molecule has 3 aromatic rings. The fraction of sp³-hybridized carbons (Fsp3) is 0.241. The Hall–Kier alpha value is -4.47. The lowest BCUT2D eigenvalue weighted by molar-refractivity contribution is 0.137. The Balaban J connectivity index is 1.28. The van der Waals surface area contributed by atoms with Crippen LogP contribution in [0.4, 0.5) is 19.7 Å². The second-order valence-electron chi connectivity index (χ2n) is 10.6. The number of cyclic esters (lactones) is 1. The number of carbonyl (C=O) groups excluding carboxylic acids is 2. The van der Waals surface area contributed by atoms with Crippen molar-refractivity contribution in [2.45, 2.75) is 24.2 Å². The molecule has 2 unspecified atom stereocenters. The molecule has 9 N–H and O–H groups in total. The van der Waals surface area contributed by atoms with Crippen LogP contribution in [0.1, 0.15) is 11.1 Å². The standard InChI is InChI=1S/C29H33FN6O10P2/c30-26-11-22(7-10-25(26)20-5-1-19(2-6-20)14-33-15-21(13-31)35-32)36-17-24(46-28(36)38)16-34-27(37)45-23-8-3-18(4-9-23)12-29(39,47(40)41)48(42,43)44/h1-11,13,24,32-33,39,47H,12,14-17,31H2,(H,34,37)(H,40,41)(H2,42,43,44)/b21-13-,35-32?/t24-,29?/m0/s1. The molecule has 1 aliphatic rings. The molecule has 3 aromatic carbocycles. The largest absolute Gasteiger partial charge is 0.442 e. The molecule has 16 nitrogen and oxygen atoms in total. The Morgan fingerprint density at radius 2 is 1.85 bits per heavy atom. The minimum absolute atomic E-state index is 0.00895. The molecule has 48 heavy (non-hydrogen) atoms. The van der Waals surface area contributed by atoms with Gasteiger partial charge in [0.05, 0.1) is 24.5 Å². The minimum atomic E-state index is -5.34. The topological polar surface area (TPSA) is 257 Å². The molecule has 3 atom stereocenters. The minimum Gasteiger partial charge on any atom is -0.442 e. The number of carbonyl (C=O) groups is 2. The van der Waals surface area contributed by atoms with Gasteiger partial charge in [-0.1, -0.05) is 36.4 Å². The van der Waals surface area contributed by atoms with Crippen molar-refractivity contribution >= 4 is 33.5 Å². The van der Waals surface area contributed by atoms with Crippen molar-refractivity contribution < 1.29 is 52.4 Å². The van der Waals surface area contributed by atoms with Crippen LogP contribution in [0.5, 0.6) is 5.75 Å². The SMILES string of the molecule is N=N/C(=C\N)CNCc1ccc(-c2ccc(N3C[C@H](CNC(=O)Oc4ccc(CC(O)([PH](=O)O)P(=O)(O)O)cc4)OC3=O)cc2F)cc1. The van der Waals surface area contributed by atoms with E-state index in [2.05, 4.69) is 15.7 Å². The summed E-state index contributed by atoms with van der Waals surface area (Å²) in [4.78, 5) is 53.9. The highest BCUT2D eigenvalue weighted by molar-refractivity contribution is 7.66. The molecular formula is C29H33FN6O10P2. The first-order valence-electron chi connectivity index (χ1n) is 14.2. The summed E-state index contributed by atoms with van der Waals surface area (Å²) in [5.74, 6) is -0.552. The maximum Gasteiger partial charge on any atom is 0.414 e. The number of nitrogens with one attached hydrogen (secondary N) is 3. The number of benzene rings is 3. The fourth-order valence-electron chi connectivity index (χ4n) is 4.62. The van der Waals surface area contributed by atoms with Gasteiger partial charge in [-0.15, -0.1) is 0 Å². The third-order valence-corrected chi connectivity index (χ3v) is 10.7.